The predicted molar refractivity (Wildman–Crippen MR) is 71.4 cm³/mol. The molecule has 1 heterocycles. The highest BCUT2D eigenvalue weighted by Gasteiger charge is 2.38. The average Bonchev–Trinajstić information content (AvgIpc) is 2.80. The number of benzene rings is 1. The Morgan fingerprint density at radius 1 is 1.37 bits per heavy atom. The van der Waals surface area contributed by atoms with E-state index < -0.39 is 5.79 Å². The van der Waals surface area contributed by atoms with Crippen LogP contribution in [-0.4, -0.2) is 33.2 Å². The second-order valence-corrected chi connectivity index (χ2v) is 4.70. The fourth-order valence-electron chi connectivity index (χ4n) is 2.25. The van der Waals surface area contributed by atoms with Gasteiger partial charge in [-0.3, -0.25) is 0 Å². The fraction of sp³-hybridized carbons (Fsp3) is 0.571. The molecule has 0 aliphatic carbocycles. The zero-order chi connectivity index (χ0) is 13.9. The van der Waals surface area contributed by atoms with Gasteiger partial charge in [0, 0.05) is 18.1 Å². The van der Waals surface area contributed by atoms with Crippen molar-refractivity contribution in [3.63, 3.8) is 0 Å². The summed E-state index contributed by atoms with van der Waals surface area (Å²) in [7, 11) is 3.26. The summed E-state index contributed by atoms with van der Waals surface area (Å²) in [5.74, 6) is 0.888. The Hall–Kier alpha value is -1.30. The van der Waals surface area contributed by atoms with Crippen LogP contribution >= 0.6 is 0 Å². The topological polar surface area (TPSA) is 62.9 Å². The molecule has 1 aromatic carbocycles. The number of methoxy groups -OCH3 is 2. The first-order valence-electron chi connectivity index (χ1n) is 6.35. The van der Waals surface area contributed by atoms with Crippen molar-refractivity contribution in [1.29, 1.82) is 0 Å². The van der Waals surface area contributed by atoms with Crippen molar-refractivity contribution in [2.24, 2.45) is 5.73 Å². The highest BCUT2D eigenvalue weighted by Crippen LogP contribution is 2.39. The van der Waals surface area contributed by atoms with Crippen LogP contribution in [0.3, 0.4) is 0 Å². The van der Waals surface area contributed by atoms with Crippen LogP contribution in [0.5, 0.6) is 11.5 Å². The first-order valence-corrected chi connectivity index (χ1v) is 6.35. The second-order valence-electron chi connectivity index (χ2n) is 4.70. The molecule has 1 aliphatic heterocycles. The van der Waals surface area contributed by atoms with E-state index in [9.17, 15) is 0 Å². The third kappa shape index (κ3) is 3.00. The lowest BCUT2D eigenvalue weighted by Crippen LogP contribution is -2.28. The van der Waals surface area contributed by atoms with Crippen molar-refractivity contribution in [2.45, 2.75) is 25.2 Å². The van der Waals surface area contributed by atoms with E-state index in [1.165, 1.54) is 0 Å². The predicted octanol–water partition coefficient (Wildman–Crippen LogP) is 1.86. The lowest BCUT2D eigenvalue weighted by Gasteiger charge is -2.23. The van der Waals surface area contributed by atoms with E-state index in [1.807, 2.05) is 25.1 Å². The molecule has 0 aromatic heterocycles. The Labute approximate surface area is 113 Å². The van der Waals surface area contributed by atoms with Gasteiger partial charge in [0.25, 0.3) is 0 Å². The summed E-state index contributed by atoms with van der Waals surface area (Å²) >= 11 is 0. The first kappa shape index (κ1) is 14.1. The number of ether oxygens (including phenoxy) is 4. The molecule has 106 valence electrons. The van der Waals surface area contributed by atoms with Crippen LogP contribution in [-0.2, 0) is 9.47 Å². The minimum absolute atomic E-state index is 0.141. The second kappa shape index (κ2) is 5.77. The minimum atomic E-state index is -0.607. The van der Waals surface area contributed by atoms with Crippen LogP contribution < -0.4 is 15.2 Å². The lowest BCUT2D eigenvalue weighted by atomic mass is 10.1. The van der Waals surface area contributed by atoms with Crippen molar-refractivity contribution >= 4 is 0 Å². The smallest absolute Gasteiger partial charge is 0.167 e. The maximum atomic E-state index is 5.97. The largest absolute Gasteiger partial charge is 0.497 e. The molecule has 19 heavy (non-hydrogen) atoms. The highest BCUT2D eigenvalue weighted by atomic mass is 16.7. The highest BCUT2D eigenvalue weighted by molar-refractivity contribution is 5.42. The molecule has 2 atom stereocenters. The Balaban J connectivity index is 2.19. The van der Waals surface area contributed by atoms with Crippen molar-refractivity contribution in [1.82, 2.24) is 0 Å². The van der Waals surface area contributed by atoms with Gasteiger partial charge in [0.2, 0.25) is 0 Å². The van der Waals surface area contributed by atoms with E-state index in [0.29, 0.717) is 19.6 Å². The monoisotopic (exact) mass is 267 g/mol. The molecule has 2 unspecified atom stereocenters. The quantitative estimate of drug-likeness (QED) is 0.882. The maximum absolute atomic E-state index is 5.97. The third-order valence-electron chi connectivity index (χ3n) is 3.32. The van der Waals surface area contributed by atoms with E-state index in [0.717, 1.165) is 17.1 Å². The van der Waals surface area contributed by atoms with Gasteiger partial charge >= 0.3 is 0 Å². The summed E-state index contributed by atoms with van der Waals surface area (Å²) in [5, 5.41) is 0. The van der Waals surface area contributed by atoms with Crippen LogP contribution in [0.2, 0.25) is 0 Å². The molecule has 0 amide bonds. The molecule has 5 heteroatoms. The summed E-state index contributed by atoms with van der Waals surface area (Å²) in [6.45, 7) is 2.94. The Bertz CT molecular complexity index is 437. The summed E-state index contributed by atoms with van der Waals surface area (Å²) in [5.41, 5.74) is 6.53. The molecule has 1 fully saturated rings. The van der Waals surface area contributed by atoms with Crippen LogP contribution in [0.4, 0.5) is 0 Å². The van der Waals surface area contributed by atoms with Crippen LogP contribution in [0.1, 0.15) is 25.0 Å². The van der Waals surface area contributed by atoms with Crippen LogP contribution in [0.25, 0.3) is 0 Å². The molecule has 1 aromatic rings. The normalized spacial score (nSPS) is 26.4. The lowest BCUT2D eigenvalue weighted by molar-refractivity contribution is -0.157. The molecule has 0 spiro atoms. The van der Waals surface area contributed by atoms with Gasteiger partial charge in [-0.1, -0.05) is 0 Å². The zero-order valence-corrected chi connectivity index (χ0v) is 11.6. The number of hydrogen-bond donors (Lipinski definition) is 1. The summed E-state index contributed by atoms with van der Waals surface area (Å²) in [6, 6.07) is 5.68. The van der Waals surface area contributed by atoms with E-state index >= 15 is 0 Å². The molecule has 0 radical (unpaired) electrons. The van der Waals surface area contributed by atoms with Crippen molar-refractivity contribution in [2.75, 3.05) is 27.4 Å². The Morgan fingerprint density at radius 3 is 2.79 bits per heavy atom. The maximum Gasteiger partial charge on any atom is 0.167 e. The van der Waals surface area contributed by atoms with Gasteiger partial charge in [-0.15, -0.1) is 0 Å². The molecule has 1 saturated heterocycles. The van der Waals surface area contributed by atoms with Crippen molar-refractivity contribution in [3.8, 4) is 11.5 Å². The fourth-order valence-corrected chi connectivity index (χ4v) is 2.25. The van der Waals surface area contributed by atoms with E-state index in [1.54, 1.807) is 14.2 Å². The summed E-state index contributed by atoms with van der Waals surface area (Å²) < 4.78 is 22.3. The average molecular weight is 267 g/mol. The van der Waals surface area contributed by atoms with Gasteiger partial charge in [0.15, 0.2) is 5.79 Å². The van der Waals surface area contributed by atoms with Gasteiger partial charge in [-0.2, -0.15) is 0 Å². The Morgan fingerprint density at radius 2 is 2.16 bits per heavy atom. The van der Waals surface area contributed by atoms with Gasteiger partial charge < -0.3 is 24.7 Å². The number of rotatable bonds is 5. The molecule has 2 N–H and O–H groups in total. The van der Waals surface area contributed by atoms with E-state index in [4.69, 9.17) is 24.7 Å². The molecule has 0 bridgehead atoms. The van der Waals surface area contributed by atoms with Gasteiger partial charge in [0.1, 0.15) is 17.6 Å². The zero-order valence-electron chi connectivity index (χ0n) is 11.6. The minimum Gasteiger partial charge on any atom is -0.497 e. The molecule has 1 aliphatic rings. The van der Waals surface area contributed by atoms with Gasteiger partial charge in [0.05, 0.1) is 20.8 Å². The van der Waals surface area contributed by atoms with E-state index in [2.05, 4.69) is 0 Å². The van der Waals surface area contributed by atoms with Gasteiger partial charge in [-0.25, -0.2) is 0 Å². The number of hydrogen-bond acceptors (Lipinski definition) is 5. The third-order valence-corrected chi connectivity index (χ3v) is 3.32. The van der Waals surface area contributed by atoms with Gasteiger partial charge in [-0.05, 0) is 25.6 Å². The number of nitrogens with two attached hydrogens (primary N) is 1. The SMILES string of the molecule is COc1ccc(C2COC(C)(CCN)O2)c(OC)c1. The van der Waals surface area contributed by atoms with E-state index in [-0.39, 0.29) is 6.10 Å². The molecular weight excluding hydrogens is 246 g/mol. The Kier molecular flexibility index (Phi) is 4.29. The van der Waals surface area contributed by atoms with Crippen molar-refractivity contribution < 1.29 is 18.9 Å². The summed E-state index contributed by atoms with van der Waals surface area (Å²) in [6.07, 6.45) is 0.527. The summed E-state index contributed by atoms with van der Waals surface area (Å²) in [4.78, 5) is 0. The molecule has 2 rings (SSSR count). The standard InChI is InChI=1S/C14H21NO4/c1-14(6-7-15)18-9-13(19-14)11-5-4-10(16-2)8-12(11)17-3/h4-5,8,13H,6-7,9,15H2,1-3H3. The first-order chi connectivity index (χ1) is 9.11. The molecule has 0 saturated carbocycles. The van der Waals surface area contributed by atoms with Crippen LogP contribution in [0.15, 0.2) is 18.2 Å². The van der Waals surface area contributed by atoms with Crippen LogP contribution in [0, 0.1) is 0 Å². The molecule has 5 nitrogen and oxygen atoms in total. The molecular formula is C14H21NO4. The van der Waals surface area contributed by atoms with Crippen molar-refractivity contribution in [3.05, 3.63) is 23.8 Å².